The molecule has 9 heavy (non-hydrogen) atoms. The smallest absolute Gasteiger partial charge is 0.108 e. The van der Waals surface area contributed by atoms with Gasteiger partial charge in [-0.3, -0.25) is 4.90 Å². The first-order valence-corrected chi connectivity index (χ1v) is 3.32. The molecule has 0 aliphatic carbocycles. The topological polar surface area (TPSA) is 24.5 Å². The molecule has 54 valence electrons. The fraction of sp³-hybridized carbons (Fsp3) is 1.00. The Morgan fingerprint density at radius 2 is 2.44 bits per heavy atom. The molecule has 1 aliphatic rings. The van der Waals surface area contributed by atoms with Gasteiger partial charge in [-0.25, -0.2) is 0 Å². The van der Waals surface area contributed by atoms with Gasteiger partial charge in [0.25, 0.3) is 0 Å². The van der Waals surface area contributed by atoms with Crippen LogP contribution in [0.15, 0.2) is 0 Å². The Balaban J connectivity index is 2.24. The van der Waals surface area contributed by atoms with Crippen molar-refractivity contribution in [3.63, 3.8) is 0 Å². The highest BCUT2D eigenvalue weighted by Crippen LogP contribution is 2.00. The first-order chi connectivity index (χ1) is 4.34. The number of methoxy groups -OCH3 is 1. The molecule has 0 aromatic heterocycles. The third-order valence-electron chi connectivity index (χ3n) is 1.75. The number of ether oxygens (including phenoxy) is 1. The Kier molecular flexibility index (Phi) is 2.45. The van der Waals surface area contributed by atoms with E-state index in [2.05, 4.69) is 17.1 Å². The summed E-state index contributed by atoms with van der Waals surface area (Å²) in [6.07, 6.45) is 0.264. The minimum atomic E-state index is 0.264. The summed E-state index contributed by atoms with van der Waals surface area (Å²) in [6, 6.07) is 0. The van der Waals surface area contributed by atoms with Crippen molar-refractivity contribution < 1.29 is 4.74 Å². The summed E-state index contributed by atoms with van der Waals surface area (Å²) in [7, 11) is 1.74. The number of nitrogens with zero attached hydrogens (tertiary/aromatic N) is 1. The summed E-state index contributed by atoms with van der Waals surface area (Å²) >= 11 is 0. The van der Waals surface area contributed by atoms with Crippen molar-refractivity contribution in [2.24, 2.45) is 0 Å². The summed E-state index contributed by atoms with van der Waals surface area (Å²) < 4.78 is 5.12. The molecule has 0 aromatic rings. The van der Waals surface area contributed by atoms with Gasteiger partial charge in [0.1, 0.15) is 6.23 Å². The molecule has 0 saturated carbocycles. The van der Waals surface area contributed by atoms with E-state index in [1.807, 2.05) is 0 Å². The van der Waals surface area contributed by atoms with Crippen LogP contribution in [0.5, 0.6) is 0 Å². The van der Waals surface area contributed by atoms with Crippen LogP contribution in [-0.2, 0) is 4.74 Å². The average molecular weight is 130 g/mol. The van der Waals surface area contributed by atoms with E-state index in [0.717, 1.165) is 19.8 Å². The van der Waals surface area contributed by atoms with Crippen molar-refractivity contribution in [1.82, 2.24) is 10.2 Å². The van der Waals surface area contributed by atoms with E-state index < -0.39 is 0 Å². The molecule has 3 heteroatoms. The number of hydrogen-bond donors (Lipinski definition) is 1. The van der Waals surface area contributed by atoms with Crippen molar-refractivity contribution in [3.8, 4) is 0 Å². The number of hydrogen-bond acceptors (Lipinski definition) is 3. The predicted molar refractivity (Wildman–Crippen MR) is 36.0 cm³/mol. The van der Waals surface area contributed by atoms with Crippen molar-refractivity contribution >= 4 is 0 Å². The fourth-order valence-electron chi connectivity index (χ4n) is 0.984. The highest BCUT2D eigenvalue weighted by atomic mass is 16.5. The van der Waals surface area contributed by atoms with Gasteiger partial charge in [-0.1, -0.05) is 0 Å². The Morgan fingerprint density at radius 1 is 1.67 bits per heavy atom. The molecule has 1 rings (SSSR count). The Bertz CT molecular complexity index is 81.1. The molecule has 3 nitrogen and oxygen atoms in total. The van der Waals surface area contributed by atoms with E-state index in [1.54, 1.807) is 7.11 Å². The molecule has 1 fully saturated rings. The molecule has 0 radical (unpaired) electrons. The fourth-order valence-corrected chi connectivity index (χ4v) is 0.984. The van der Waals surface area contributed by atoms with Gasteiger partial charge in [-0.2, -0.15) is 0 Å². The highest BCUT2D eigenvalue weighted by molar-refractivity contribution is 4.66. The maximum absolute atomic E-state index is 5.12. The normalized spacial score (nSPS) is 24.7. The molecule has 1 unspecified atom stereocenters. The van der Waals surface area contributed by atoms with Crippen LogP contribution in [0.2, 0.25) is 0 Å². The molecule has 1 N–H and O–H groups in total. The van der Waals surface area contributed by atoms with Crippen LogP contribution < -0.4 is 5.32 Å². The van der Waals surface area contributed by atoms with E-state index in [1.165, 1.54) is 0 Å². The highest BCUT2D eigenvalue weighted by Gasteiger charge is 2.15. The predicted octanol–water partition coefficient (Wildman–Crippen LogP) is -0.159. The van der Waals surface area contributed by atoms with Crippen molar-refractivity contribution in [3.05, 3.63) is 0 Å². The molecule has 1 saturated heterocycles. The monoisotopic (exact) mass is 130 g/mol. The van der Waals surface area contributed by atoms with Crippen LogP contribution in [0.4, 0.5) is 0 Å². The van der Waals surface area contributed by atoms with Crippen molar-refractivity contribution in [2.75, 3.05) is 26.9 Å². The van der Waals surface area contributed by atoms with Gasteiger partial charge in [0.15, 0.2) is 0 Å². The largest absolute Gasteiger partial charge is 0.367 e. The zero-order chi connectivity index (χ0) is 6.69. The van der Waals surface area contributed by atoms with Crippen LogP contribution in [-0.4, -0.2) is 38.0 Å². The zero-order valence-corrected chi connectivity index (χ0v) is 6.05. The quantitative estimate of drug-likeness (QED) is 0.562. The molecule has 1 atom stereocenters. The second-order valence-electron chi connectivity index (χ2n) is 2.31. The van der Waals surface area contributed by atoms with E-state index in [0.29, 0.717) is 0 Å². The maximum atomic E-state index is 5.12. The second kappa shape index (κ2) is 3.15. The first kappa shape index (κ1) is 6.99. The van der Waals surface area contributed by atoms with Gasteiger partial charge in [0.05, 0.1) is 6.67 Å². The Labute approximate surface area is 56.0 Å². The van der Waals surface area contributed by atoms with Gasteiger partial charge in [-0.15, -0.1) is 0 Å². The van der Waals surface area contributed by atoms with Crippen LogP contribution in [0, 0.1) is 0 Å². The van der Waals surface area contributed by atoms with Gasteiger partial charge < -0.3 is 10.1 Å². The molecule has 1 aliphatic heterocycles. The SMILES string of the molecule is COC(C)N1CCNC1. The van der Waals surface area contributed by atoms with Gasteiger partial charge in [0, 0.05) is 20.2 Å². The summed E-state index contributed by atoms with van der Waals surface area (Å²) in [5.41, 5.74) is 0. The lowest BCUT2D eigenvalue weighted by Crippen LogP contribution is -2.32. The molecule has 1 heterocycles. The number of nitrogens with one attached hydrogen (secondary N) is 1. The average Bonchev–Trinajstić information content (AvgIpc) is 2.37. The van der Waals surface area contributed by atoms with E-state index in [4.69, 9.17) is 4.74 Å². The standard InChI is InChI=1S/C6H14N2O/c1-6(9-2)8-4-3-7-5-8/h6-7H,3-5H2,1-2H3. The molecule has 0 aromatic carbocycles. The van der Waals surface area contributed by atoms with Crippen LogP contribution in [0.25, 0.3) is 0 Å². The van der Waals surface area contributed by atoms with E-state index in [9.17, 15) is 0 Å². The third-order valence-corrected chi connectivity index (χ3v) is 1.75. The van der Waals surface area contributed by atoms with Crippen LogP contribution in [0.3, 0.4) is 0 Å². The summed E-state index contributed by atoms with van der Waals surface area (Å²) in [4.78, 5) is 2.25. The van der Waals surface area contributed by atoms with Gasteiger partial charge in [0.2, 0.25) is 0 Å². The van der Waals surface area contributed by atoms with Gasteiger partial charge >= 0.3 is 0 Å². The van der Waals surface area contributed by atoms with Gasteiger partial charge in [-0.05, 0) is 6.92 Å². The van der Waals surface area contributed by atoms with Crippen LogP contribution in [0.1, 0.15) is 6.92 Å². The summed E-state index contributed by atoms with van der Waals surface area (Å²) in [5.74, 6) is 0. The number of rotatable bonds is 2. The molecular weight excluding hydrogens is 116 g/mol. The lowest BCUT2D eigenvalue weighted by atomic mass is 10.5. The first-order valence-electron chi connectivity index (χ1n) is 3.32. The van der Waals surface area contributed by atoms with Crippen LogP contribution >= 0.6 is 0 Å². The van der Waals surface area contributed by atoms with E-state index in [-0.39, 0.29) is 6.23 Å². The molecule has 0 amide bonds. The van der Waals surface area contributed by atoms with E-state index >= 15 is 0 Å². The molecule has 0 spiro atoms. The zero-order valence-electron chi connectivity index (χ0n) is 6.05. The minimum Gasteiger partial charge on any atom is -0.367 e. The lowest BCUT2D eigenvalue weighted by molar-refractivity contribution is -0.00543. The van der Waals surface area contributed by atoms with Crippen molar-refractivity contribution in [1.29, 1.82) is 0 Å². The summed E-state index contributed by atoms with van der Waals surface area (Å²) in [6.45, 7) is 5.23. The lowest BCUT2D eigenvalue weighted by Gasteiger charge is -2.20. The molecule has 0 bridgehead atoms. The minimum absolute atomic E-state index is 0.264. The van der Waals surface area contributed by atoms with Crippen molar-refractivity contribution in [2.45, 2.75) is 13.2 Å². The third kappa shape index (κ3) is 1.64. The Hall–Kier alpha value is -0.120. The molecular formula is C6H14N2O. The Morgan fingerprint density at radius 3 is 2.89 bits per heavy atom. The second-order valence-corrected chi connectivity index (χ2v) is 2.31. The summed E-state index contributed by atoms with van der Waals surface area (Å²) in [5, 5.41) is 3.23. The maximum Gasteiger partial charge on any atom is 0.108 e.